The van der Waals surface area contributed by atoms with Gasteiger partial charge in [0.05, 0.1) is 0 Å². The minimum atomic E-state index is -0.286. The number of hydrogen-bond donors (Lipinski definition) is 2. The maximum absolute atomic E-state index is 12.6. The molecule has 6 heteroatoms. The highest BCUT2D eigenvalue weighted by molar-refractivity contribution is 5.91. The summed E-state index contributed by atoms with van der Waals surface area (Å²) in [7, 11) is 0. The van der Waals surface area contributed by atoms with Crippen molar-refractivity contribution in [1.29, 1.82) is 0 Å². The van der Waals surface area contributed by atoms with Gasteiger partial charge in [0.25, 0.3) is 5.91 Å². The van der Waals surface area contributed by atoms with E-state index in [-0.39, 0.29) is 29.0 Å². The lowest BCUT2D eigenvalue weighted by Crippen LogP contribution is -2.34. The first-order valence-electron chi connectivity index (χ1n) is 11.6. The molecule has 0 saturated carbocycles. The topological polar surface area (TPSA) is 94.0 Å². The minimum absolute atomic E-state index is 0.156. The van der Waals surface area contributed by atoms with E-state index in [0.29, 0.717) is 23.6 Å². The molecule has 3 N–H and O–H groups in total. The number of aromatic nitrogens is 2. The third-order valence-corrected chi connectivity index (χ3v) is 7.02. The molecule has 0 atom stereocenters. The Bertz CT molecular complexity index is 1210. The van der Waals surface area contributed by atoms with E-state index < -0.39 is 0 Å². The molecule has 3 aromatic rings. The van der Waals surface area contributed by atoms with Crippen molar-refractivity contribution < 1.29 is 9.21 Å². The molecule has 0 unspecified atom stereocenters. The Labute approximate surface area is 196 Å². The summed E-state index contributed by atoms with van der Waals surface area (Å²) >= 11 is 0. The summed E-state index contributed by atoms with van der Waals surface area (Å²) in [5.41, 5.74) is 12.3. The van der Waals surface area contributed by atoms with Crippen molar-refractivity contribution in [3.8, 4) is 0 Å². The Morgan fingerprint density at radius 2 is 1.73 bits per heavy atom. The summed E-state index contributed by atoms with van der Waals surface area (Å²) in [5.74, 6) is 1.74. The van der Waals surface area contributed by atoms with E-state index in [9.17, 15) is 4.79 Å². The second kappa shape index (κ2) is 8.32. The Hall–Kier alpha value is -3.15. The fourth-order valence-corrected chi connectivity index (χ4v) is 4.65. The van der Waals surface area contributed by atoms with Gasteiger partial charge in [-0.15, -0.1) is 0 Å². The molecule has 1 amide bonds. The zero-order valence-corrected chi connectivity index (χ0v) is 20.5. The summed E-state index contributed by atoms with van der Waals surface area (Å²) in [5, 5.41) is 2.83. The van der Waals surface area contributed by atoms with Gasteiger partial charge in [-0.05, 0) is 71.9 Å². The second-order valence-corrected chi connectivity index (χ2v) is 10.5. The molecule has 33 heavy (non-hydrogen) atoms. The zero-order chi connectivity index (χ0) is 24.0. The standard InChI is InChI=1S/C27H34N4O2/c1-16-11-21-22(27(5,6)10-9-26(21,3)4)13-18(16)12-20-7-8-23(33-20)25(32)30-15-19-14-29-17(2)31-24(19)28/h7-8,11,13-14H,9-10,12,15H2,1-6H3,(H,30,32)(H2,28,29,31). The van der Waals surface area contributed by atoms with E-state index in [1.54, 1.807) is 19.2 Å². The number of nitrogens with two attached hydrogens (primary N) is 1. The molecule has 0 spiro atoms. The van der Waals surface area contributed by atoms with E-state index in [0.717, 1.165) is 5.76 Å². The van der Waals surface area contributed by atoms with Crippen LogP contribution in [0.5, 0.6) is 0 Å². The monoisotopic (exact) mass is 446 g/mol. The number of carbonyl (C=O) groups is 1. The van der Waals surface area contributed by atoms with Crippen molar-refractivity contribution in [3.63, 3.8) is 0 Å². The van der Waals surface area contributed by atoms with Gasteiger partial charge < -0.3 is 15.5 Å². The van der Waals surface area contributed by atoms with Crippen molar-refractivity contribution >= 4 is 11.7 Å². The van der Waals surface area contributed by atoms with Crippen LogP contribution in [-0.4, -0.2) is 15.9 Å². The van der Waals surface area contributed by atoms with Crippen molar-refractivity contribution in [2.24, 2.45) is 0 Å². The predicted octanol–water partition coefficient (Wildman–Crippen LogP) is 5.14. The number of nitrogens with zero attached hydrogens (tertiary/aromatic N) is 2. The fraction of sp³-hybridized carbons (Fsp3) is 0.444. The van der Waals surface area contributed by atoms with Gasteiger partial charge >= 0.3 is 0 Å². The van der Waals surface area contributed by atoms with Gasteiger partial charge in [0.2, 0.25) is 0 Å². The fourth-order valence-electron chi connectivity index (χ4n) is 4.65. The number of nitrogen functional groups attached to an aromatic ring is 1. The molecule has 4 rings (SSSR count). The molecule has 0 aliphatic heterocycles. The zero-order valence-electron chi connectivity index (χ0n) is 20.5. The smallest absolute Gasteiger partial charge is 0.287 e. The van der Waals surface area contributed by atoms with Crippen LogP contribution in [0.25, 0.3) is 0 Å². The number of rotatable bonds is 5. The van der Waals surface area contributed by atoms with Crippen molar-refractivity contribution in [3.05, 3.63) is 75.6 Å². The van der Waals surface area contributed by atoms with Gasteiger partial charge in [-0.1, -0.05) is 39.8 Å². The SMILES string of the molecule is Cc1ncc(CNC(=O)c2ccc(Cc3cc4c(cc3C)C(C)(C)CCC4(C)C)o2)c(N)n1. The van der Waals surface area contributed by atoms with E-state index >= 15 is 0 Å². The quantitative estimate of drug-likeness (QED) is 0.566. The molecule has 0 saturated heterocycles. The Morgan fingerprint density at radius 3 is 2.39 bits per heavy atom. The van der Waals surface area contributed by atoms with Crippen LogP contribution < -0.4 is 11.1 Å². The normalized spacial score (nSPS) is 16.3. The number of nitrogens with one attached hydrogen (secondary N) is 1. The van der Waals surface area contributed by atoms with Crippen LogP contribution in [0.1, 0.15) is 90.5 Å². The van der Waals surface area contributed by atoms with E-state index in [1.165, 1.54) is 35.1 Å². The molecule has 0 radical (unpaired) electrons. The number of carbonyl (C=O) groups excluding carboxylic acids is 1. The summed E-state index contributed by atoms with van der Waals surface area (Å²) in [4.78, 5) is 20.8. The lowest BCUT2D eigenvalue weighted by molar-refractivity contribution is 0.0921. The summed E-state index contributed by atoms with van der Waals surface area (Å²) < 4.78 is 5.90. The maximum Gasteiger partial charge on any atom is 0.287 e. The number of aryl methyl sites for hydroxylation is 2. The lowest BCUT2D eigenvalue weighted by Gasteiger charge is -2.42. The van der Waals surface area contributed by atoms with Crippen LogP contribution in [0.4, 0.5) is 5.82 Å². The van der Waals surface area contributed by atoms with Crippen molar-refractivity contribution in [2.45, 2.75) is 78.2 Å². The second-order valence-electron chi connectivity index (χ2n) is 10.5. The van der Waals surface area contributed by atoms with Crippen LogP contribution in [0.15, 0.2) is 34.9 Å². The van der Waals surface area contributed by atoms with Crippen LogP contribution in [-0.2, 0) is 23.8 Å². The molecule has 1 aliphatic rings. The maximum atomic E-state index is 12.6. The first-order valence-corrected chi connectivity index (χ1v) is 11.6. The highest BCUT2D eigenvalue weighted by Crippen LogP contribution is 2.46. The number of amides is 1. The Balaban J connectivity index is 1.50. The van der Waals surface area contributed by atoms with Crippen LogP contribution in [0, 0.1) is 13.8 Å². The molecular formula is C27H34N4O2. The van der Waals surface area contributed by atoms with Gasteiger partial charge in [-0.25, -0.2) is 9.97 Å². The van der Waals surface area contributed by atoms with Crippen LogP contribution in [0.2, 0.25) is 0 Å². The van der Waals surface area contributed by atoms with Crippen molar-refractivity contribution in [2.75, 3.05) is 5.73 Å². The number of hydrogen-bond acceptors (Lipinski definition) is 5. The van der Waals surface area contributed by atoms with Crippen LogP contribution in [0.3, 0.4) is 0 Å². The molecule has 0 bridgehead atoms. The first kappa shape index (κ1) is 23.0. The average molecular weight is 447 g/mol. The number of anilines is 1. The molecule has 1 aromatic carbocycles. The Kier molecular flexibility index (Phi) is 5.81. The average Bonchev–Trinajstić information content (AvgIpc) is 3.20. The number of furan rings is 1. The molecular weight excluding hydrogens is 412 g/mol. The Morgan fingerprint density at radius 1 is 1.06 bits per heavy atom. The summed E-state index contributed by atoms with van der Waals surface area (Å²) in [6.07, 6.45) is 4.66. The molecule has 2 aromatic heterocycles. The number of benzene rings is 1. The van der Waals surface area contributed by atoms with Gasteiger partial charge in [0.1, 0.15) is 17.4 Å². The van der Waals surface area contributed by atoms with Gasteiger partial charge in [-0.3, -0.25) is 4.79 Å². The highest BCUT2D eigenvalue weighted by atomic mass is 16.3. The highest BCUT2D eigenvalue weighted by Gasteiger charge is 2.37. The van der Waals surface area contributed by atoms with E-state index in [2.05, 4.69) is 62.0 Å². The minimum Gasteiger partial charge on any atom is -0.456 e. The summed E-state index contributed by atoms with van der Waals surface area (Å²) in [6, 6.07) is 8.32. The van der Waals surface area contributed by atoms with E-state index in [1.807, 2.05) is 6.07 Å². The molecule has 174 valence electrons. The largest absolute Gasteiger partial charge is 0.456 e. The molecule has 6 nitrogen and oxygen atoms in total. The predicted molar refractivity (Wildman–Crippen MR) is 130 cm³/mol. The third kappa shape index (κ3) is 4.65. The molecule has 1 aliphatic carbocycles. The van der Waals surface area contributed by atoms with Gasteiger partial charge in [-0.2, -0.15) is 0 Å². The van der Waals surface area contributed by atoms with Crippen LogP contribution >= 0.6 is 0 Å². The van der Waals surface area contributed by atoms with E-state index in [4.69, 9.17) is 10.2 Å². The number of fused-ring (bicyclic) bond motifs is 1. The first-order chi connectivity index (χ1) is 15.5. The van der Waals surface area contributed by atoms with Gasteiger partial charge in [0, 0.05) is 24.7 Å². The van der Waals surface area contributed by atoms with Crippen molar-refractivity contribution in [1.82, 2.24) is 15.3 Å². The summed E-state index contributed by atoms with van der Waals surface area (Å²) in [6.45, 7) is 13.5. The lowest BCUT2D eigenvalue weighted by atomic mass is 9.62. The molecule has 2 heterocycles. The molecule has 0 fully saturated rings. The third-order valence-electron chi connectivity index (χ3n) is 7.02. The van der Waals surface area contributed by atoms with Gasteiger partial charge in [0.15, 0.2) is 5.76 Å².